The number of phenolic OH excluding ortho intramolecular Hbond substituents is 1. The highest BCUT2D eigenvalue weighted by Gasteiger charge is 2.16. The first-order valence-electron chi connectivity index (χ1n) is 4.75. The van der Waals surface area contributed by atoms with E-state index in [-0.39, 0.29) is 23.2 Å². The van der Waals surface area contributed by atoms with Gasteiger partial charge in [-0.05, 0) is 18.2 Å². The molecule has 0 fully saturated rings. The number of hydrogen-bond acceptors (Lipinski definition) is 4. The third-order valence-corrected chi connectivity index (χ3v) is 2.33. The Balaban J connectivity index is 2.14. The zero-order chi connectivity index (χ0) is 11.5. The number of amidine groups is 1. The van der Waals surface area contributed by atoms with E-state index in [4.69, 9.17) is 11.6 Å². The number of hydrogen-bond donors (Lipinski definition) is 3. The second kappa shape index (κ2) is 4.40. The van der Waals surface area contributed by atoms with Crippen LogP contribution in [-0.4, -0.2) is 29.9 Å². The Hall–Kier alpha value is -1.75. The van der Waals surface area contributed by atoms with Gasteiger partial charge in [0.2, 0.25) is 0 Å². The quantitative estimate of drug-likeness (QED) is 0.674. The lowest BCUT2D eigenvalue weighted by Crippen LogP contribution is -2.32. The molecule has 0 saturated carbocycles. The van der Waals surface area contributed by atoms with Crippen LogP contribution in [0.3, 0.4) is 0 Å². The van der Waals surface area contributed by atoms with Crippen molar-refractivity contribution in [3.8, 4) is 5.75 Å². The van der Waals surface area contributed by atoms with E-state index in [1.54, 1.807) is 0 Å². The van der Waals surface area contributed by atoms with Crippen LogP contribution in [0, 0.1) is 0 Å². The van der Waals surface area contributed by atoms with E-state index >= 15 is 0 Å². The number of benzene rings is 1. The monoisotopic (exact) mass is 239 g/mol. The number of aromatic hydroxyl groups is 1. The minimum atomic E-state index is -0.380. The molecule has 0 atom stereocenters. The fraction of sp³-hybridized carbons (Fsp3) is 0.200. The molecule has 6 heteroatoms. The van der Waals surface area contributed by atoms with Crippen LogP contribution in [0.2, 0.25) is 5.02 Å². The predicted octanol–water partition coefficient (Wildman–Crippen LogP) is 0.986. The van der Waals surface area contributed by atoms with Gasteiger partial charge in [-0.15, -0.1) is 0 Å². The Morgan fingerprint density at radius 1 is 1.56 bits per heavy atom. The number of nitrogens with one attached hydrogen (secondary N) is 2. The number of nitrogens with zero attached hydrogens (tertiary/aromatic N) is 1. The highest BCUT2D eigenvalue weighted by Crippen LogP contribution is 2.26. The molecule has 1 aliphatic rings. The Kier molecular flexibility index (Phi) is 2.96. The summed E-state index contributed by atoms with van der Waals surface area (Å²) in [5, 5.41) is 15.3. The molecule has 84 valence electrons. The van der Waals surface area contributed by atoms with Crippen molar-refractivity contribution in [2.75, 3.05) is 18.4 Å². The van der Waals surface area contributed by atoms with Crippen molar-refractivity contribution >= 4 is 29.0 Å². The Morgan fingerprint density at radius 2 is 2.38 bits per heavy atom. The summed E-state index contributed by atoms with van der Waals surface area (Å²) in [4.78, 5) is 15.6. The molecule has 0 bridgehead atoms. The average molecular weight is 240 g/mol. The molecule has 0 radical (unpaired) electrons. The molecular formula is C10H10ClN3O2. The zero-order valence-electron chi connectivity index (χ0n) is 8.33. The van der Waals surface area contributed by atoms with Gasteiger partial charge in [-0.2, -0.15) is 0 Å². The number of carbonyl (C=O) groups excluding carboxylic acids is 1. The van der Waals surface area contributed by atoms with Gasteiger partial charge in [0.1, 0.15) is 5.75 Å². The normalized spacial score (nSPS) is 14.2. The van der Waals surface area contributed by atoms with Gasteiger partial charge in [0.15, 0.2) is 5.84 Å². The molecule has 1 aromatic rings. The minimum Gasteiger partial charge on any atom is -0.506 e. The minimum absolute atomic E-state index is 0.0312. The molecule has 16 heavy (non-hydrogen) atoms. The lowest BCUT2D eigenvalue weighted by atomic mass is 10.3. The molecule has 3 N–H and O–H groups in total. The summed E-state index contributed by atoms with van der Waals surface area (Å²) in [6.45, 7) is 1.24. The lowest BCUT2D eigenvalue weighted by molar-refractivity contribution is -0.110. The number of carbonyl (C=O) groups is 1. The van der Waals surface area contributed by atoms with Gasteiger partial charge in [-0.3, -0.25) is 9.79 Å². The van der Waals surface area contributed by atoms with Gasteiger partial charge in [0, 0.05) is 11.6 Å². The third kappa shape index (κ3) is 2.25. The number of anilines is 1. The molecule has 1 amide bonds. The van der Waals surface area contributed by atoms with Gasteiger partial charge in [-0.1, -0.05) is 11.6 Å². The van der Waals surface area contributed by atoms with E-state index in [2.05, 4.69) is 15.6 Å². The molecule has 5 nitrogen and oxygen atoms in total. The number of rotatable bonds is 2. The highest BCUT2D eigenvalue weighted by atomic mass is 35.5. The highest BCUT2D eigenvalue weighted by molar-refractivity contribution is 6.42. The molecule has 0 unspecified atom stereocenters. The van der Waals surface area contributed by atoms with Crippen LogP contribution in [-0.2, 0) is 4.79 Å². The SMILES string of the molecule is O=C(Nc1cc(Cl)ccc1O)C1=NCCN1. The topological polar surface area (TPSA) is 73.7 Å². The molecule has 0 aromatic heterocycles. The van der Waals surface area contributed by atoms with Crippen LogP contribution < -0.4 is 10.6 Å². The van der Waals surface area contributed by atoms with Gasteiger partial charge < -0.3 is 15.7 Å². The summed E-state index contributed by atoms with van der Waals surface area (Å²) in [5.41, 5.74) is 0.272. The molecule has 0 saturated heterocycles. The predicted molar refractivity (Wildman–Crippen MR) is 62.1 cm³/mol. The number of phenols is 1. The van der Waals surface area contributed by atoms with Crippen LogP contribution in [0.15, 0.2) is 23.2 Å². The number of aliphatic imine (C=N–C) groups is 1. The molecule has 0 spiro atoms. The first kappa shape index (κ1) is 10.8. The molecule has 1 aromatic carbocycles. The van der Waals surface area contributed by atoms with Crippen LogP contribution in [0.4, 0.5) is 5.69 Å². The largest absolute Gasteiger partial charge is 0.506 e. The van der Waals surface area contributed by atoms with E-state index in [1.165, 1.54) is 18.2 Å². The van der Waals surface area contributed by atoms with Crippen molar-refractivity contribution in [3.05, 3.63) is 23.2 Å². The first-order valence-corrected chi connectivity index (χ1v) is 5.13. The van der Waals surface area contributed by atoms with E-state index in [0.29, 0.717) is 18.1 Å². The van der Waals surface area contributed by atoms with Gasteiger partial charge in [0.05, 0.1) is 12.2 Å². The van der Waals surface area contributed by atoms with Crippen LogP contribution in [0.5, 0.6) is 5.75 Å². The number of amides is 1. The molecule has 2 rings (SSSR count). The van der Waals surface area contributed by atoms with E-state index < -0.39 is 0 Å². The van der Waals surface area contributed by atoms with Gasteiger partial charge in [-0.25, -0.2) is 0 Å². The summed E-state index contributed by atoms with van der Waals surface area (Å²) < 4.78 is 0. The smallest absolute Gasteiger partial charge is 0.290 e. The summed E-state index contributed by atoms with van der Waals surface area (Å²) >= 11 is 5.75. The van der Waals surface area contributed by atoms with Crippen molar-refractivity contribution in [2.45, 2.75) is 0 Å². The maximum absolute atomic E-state index is 11.6. The van der Waals surface area contributed by atoms with Gasteiger partial charge >= 0.3 is 0 Å². The second-order valence-electron chi connectivity index (χ2n) is 3.27. The van der Waals surface area contributed by atoms with Crippen LogP contribution in [0.25, 0.3) is 0 Å². The van der Waals surface area contributed by atoms with E-state index in [1.807, 2.05) is 0 Å². The van der Waals surface area contributed by atoms with Crippen LogP contribution >= 0.6 is 11.6 Å². The summed E-state index contributed by atoms with van der Waals surface area (Å²) in [6, 6.07) is 4.43. The maximum atomic E-state index is 11.6. The molecule has 1 aliphatic heterocycles. The first-order chi connectivity index (χ1) is 7.66. The summed E-state index contributed by atoms with van der Waals surface area (Å²) in [7, 11) is 0. The zero-order valence-corrected chi connectivity index (χ0v) is 9.08. The van der Waals surface area contributed by atoms with E-state index in [0.717, 1.165) is 0 Å². The van der Waals surface area contributed by atoms with Crippen molar-refractivity contribution in [1.82, 2.24) is 5.32 Å². The Bertz CT molecular complexity index is 459. The molecule has 1 heterocycles. The lowest BCUT2D eigenvalue weighted by Gasteiger charge is -2.07. The van der Waals surface area contributed by atoms with Crippen LogP contribution in [0.1, 0.15) is 0 Å². The standard InChI is InChI=1S/C10H10ClN3O2/c11-6-1-2-8(15)7(5-6)14-10(16)9-12-3-4-13-9/h1-2,5,15H,3-4H2,(H,12,13)(H,14,16). The number of halogens is 1. The Labute approximate surface area is 97.1 Å². The Morgan fingerprint density at radius 3 is 3.06 bits per heavy atom. The third-order valence-electron chi connectivity index (χ3n) is 2.10. The summed E-state index contributed by atoms with van der Waals surface area (Å²) in [6.07, 6.45) is 0. The maximum Gasteiger partial charge on any atom is 0.290 e. The summed E-state index contributed by atoms with van der Waals surface area (Å²) in [5.74, 6) is -0.134. The van der Waals surface area contributed by atoms with Crippen molar-refractivity contribution in [1.29, 1.82) is 0 Å². The molecule has 0 aliphatic carbocycles. The fourth-order valence-electron chi connectivity index (χ4n) is 1.34. The van der Waals surface area contributed by atoms with Crippen molar-refractivity contribution < 1.29 is 9.90 Å². The van der Waals surface area contributed by atoms with Gasteiger partial charge in [0.25, 0.3) is 5.91 Å². The average Bonchev–Trinajstić information content (AvgIpc) is 2.76. The second-order valence-corrected chi connectivity index (χ2v) is 3.71. The molecular weight excluding hydrogens is 230 g/mol. The fourth-order valence-corrected chi connectivity index (χ4v) is 1.51. The van der Waals surface area contributed by atoms with Crippen molar-refractivity contribution in [2.24, 2.45) is 4.99 Å². The van der Waals surface area contributed by atoms with Crippen molar-refractivity contribution in [3.63, 3.8) is 0 Å². The van der Waals surface area contributed by atoms with E-state index in [9.17, 15) is 9.90 Å².